The molecule has 3 aromatic rings. The van der Waals surface area contributed by atoms with Crippen molar-refractivity contribution in [2.45, 2.75) is 25.6 Å². The number of nitrogens with one attached hydrogen (secondary N) is 2. The van der Waals surface area contributed by atoms with Crippen molar-refractivity contribution in [2.24, 2.45) is 5.92 Å². The number of amides is 1. The fraction of sp³-hybridized carbons (Fsp3) is 0.300. The Balaban J connectivity index is 1.41. The lowest BCUT2D eigenvalue weighted by atomic mass is 10.2. The van der Waals surface area contributed by atoms with Crippen molar-refractivity contribution in [3.05, 3.63) is 48.0 Å². The zero-order chi connectivity index (χ0) is 20.4. The number of halogens is 3. The number of rotatable bonds is 7. The summed E-state index contributed by atoms with van der Waals surface area (Å²) >= 11 is 0. The molecule has 0 unspecified atom stereocenters. The fourth-order valence-corrected chi connectivity index (χ4v) is 2.92. The average molecular weight is 405 g/mol. The van der Waals surface area contributed by atoms with Crippen LogP contribution in [0.25, 0.3) is 10.9 Å². The molecule has 1 amide bonds. The summed E-state index contributed by atoms with van der Waals surface area (Å²) in [6.07, 6.45) is -1.17. The highest BCUT2D eigenvalue weighted by molar-refractivity contribution is 6.07. The Labute approximate surface area is 164 Å². The molecule has 9 heteroatoms. The Morgan fingerprint density at radius 1 is 1.14 bits per heavy atom. The molecule has 2 aromatic carbocycles. The van der Waals surface area contributed by atoms with E-state index in [9.17, 15) is 18.0 Å². The fourth-order valence-electron chi connectivity index (χ4n) is 2.92. The van der Waals surface area contributed by atoms with E-state index in [0.717, 1.165) is 30.2 Å². The molecular weight excluding hydrogens is 387 g/mol. The SMILES string of the molecule is O=C(Nc1n[nH]c2cc(OCCC3CC3)ccc12)c1ccc(OC(F)(F)F)cc1. The number of H-pyrrole nitrogens is 1. The molecule has 2 N–H and O–H groups in total. The van der Waals surface area contributed by atoms with E-state index in [1.54, 1.807) is 6.07 Å². The summed E-state index contributed by atoms with van der Waals surface area (Å²) in [5.74, 6) is 0.946. The van der Waals surface area contributed by atoms with E-state index in [2.05, 4.69) is 20.3 Å². The Morgan fingerprint density at radius 2 is 1.86 bits per heavy atom. The van der Waals surface area contributed by atoms with Crippen LogP contribution in [0.4, 0.5) is 19.0 Å². The van der Waals surface area contributed by atoms with Gasteiger partial charge in [-0.3, -0.25) is 9.89 Å². The maximum atomic E-state index is 12.4. The second-order valence-corrected chi connectivity index (χ2v) is 6.89. The van der Waals surface area contributed by atoms with Crippen molar-refractivity contribution in [3.63, 3.8) is 0 Å². The highest BCUT2D eigenvalue weighted by Crippen LogP contribution is 2.32. The molecule has 0 atom stereocenters. The van der Waals surface area contributed by atoms with Crippen LogP contribution >= 0.6 is 0 Å². The highest BCUT2D eigenvalue weighted by Gasteiger charge is 2.31. The number of hydrogen-bond donors (Lipinski definition) is 2. The van der Waals surface area contributed by atoms with Crippen LogP contribution in [-0.2, 0) is 0 Å². The van der Waals surface area contributed by atoms with Crippen LogP contribution in [-0.4, -0.2) is 29.1 Å². The molecule has 4 rings (SSSR count). The minimum Gasteiger partial charge on any atom is -0.494 e. The number of carbonyl (C=O) groups excluding carboxylic acids is 1. The van der Waals surface area contributed by atoms with E-state index in [4.69, 9.17) is 4.74 Å². The van der Waals surface area contributed by atoms with Crippen molar-refractivity contribution in [1.82, 2.24) is 10.2 Å². The van der Waals surface area contributed by atoms with Gasteiger partial charge in [-0.2, -0.15) is 5.10 Å². The van der Waals surface area contributed by atoms with Crippen LogP contribution in [0.3, 0.4) is 0 Å². The van der Waals surface area contributed by atoms with Crippen molar-refractivity contribution in [3.8, 4) is 11.5 Å². The highest BCUT2D eigenvalue weighted by atomic mass is 19.4. The molecule has 1 aliphatic rings. The van der Waals surface area contributed by atoms with Gasteiger partial charge in [0, 0.05) is 17.0 Å². The monoisotopic (exact) mass is 405 g/mol. The van der Waals surface area contributed by atoms with Crippen LogP contribution < -0.4 is 14.8 Å². The number of hydrogen-bond acceptors (Lipinski definition) is 4. The average Bonchev–Trinajstić information content (AvgIpc) is 3.41. The van der Waals surface area contributed by atoms with Gasteiger partial charge in [0.2, 0.25) is 0 Å². The standard InChI is InChI=1S/C20H18F3N3O3/c21-20(22,23)29-14-5-3-13(4-6-14)19(27)24-18-16-8-7-15(11-17(16)25-26-18)28-10-9-12-1-2-12/h3-8,11-12H,1-2,9-10H2,(H2,24,25,26,27). The van der Waals surface area contributed by atoms with Gasteiger partial charge >= 0.3 is 6.36 Å². The van der Waals surface area contributed by atoms with E-state index in [-0.39, 0.29) is 5.56 Å². The number of benzene rings is 2. The molecular formula is C20H18F3N3O3. The maximum Gasteiger partial charge on any atom is 0.573 e. The summed E-state index contributed by atoms with van der Waals surface area (Å²) in [4.78, 5) is 12.4. The number of aromatic amines is 1. The zero-order valence-electron chi connectivity index (χ0n) is 15.3. The molecule has 0 radical (unpaired) electrons. The summed E-state index contributed by atoms with van der Waals surface area (Å²) in [5.41, 5.74) is 0.883. The van der Waals surface area contributed by atoms with Crippen LogP contribution in [0.1, 0.15) is 29.6 Å². The molecule has 1 aromatic heterocycles. The Kier molecular flexibility index (Phi) is 5.04. The Hall–Kier alpha value is -3.23. The first-order chi connectivity index (χ1) is 13.9. The second-order valence-electron chi connectivity index (χ2n) is 6.89. The maximum absolute atomic E-state index is 12.4. The summed E-state index contributed by atoms with van der Waals surface area (Å²) in [6.45, 7) is 0.669. The second kappa shape index (κ2) is 7.65. The summed E-state index contributed by atoms with van der Waals surface area (Å²) in [5, 5.41) is 10.3. The predicted octanol–water partition coefficient (Wildman–Crippen LogP) is 4.89. The molecule has 1 fully saturated rings. The third-order valence-corrected chi connectivity index (χ3v) is 4.61. The predicted molar refractivity (Wildman–Crippen MR) is 100 cm³/mol. The number of fused-ring (bicyclic) bond motifs is 1. The number of ether oxygens (including phenoxy) is 2. The lowest BCUT2D eigenvalue weighted by Crippen LogP contribution is -2.17. The number of anilines is 1. The number of aromatic nitrogens is 2. The summed E-state index contributed by atoms with van der Waals surface area (Å²) in [6, 6.07) is 10.1. The van der Waals surface area contributed by atoms with Crippen LogP contribution in [0.2, 0.25) is 0 Å². The van der Waals surface area contributed by atoms with Gasteiger partial charge in [-0.25, -0.2) is 0 Å². The molecule has 29 heavy (non-hydrogen) atoms. The van der Waals surface area contributed by atoms with Gasteiger partial charge in [0.15, 0.2) is 5.82 Å². The molecule has 6 nitrogen and oxygen atoms in total. The quantitative estimate of drug-likeness (QED) is 0.587. The topological polar surface area (TPSA) is 76.2 Å². The van der Waals surface area contributed by atoms with E-state index < -0.39 is 18.0 Å². The number of carbonyl (C=O) groups is 1. The van der Waals surface area contributed by atoms with Crippen molar-refractivity contribution < 1.29 is 27.4 Å². The first-order valence-corrected chi connectivity index (χ1v) is 9.15. The van der Waals surface area contributed by atoms with Gasteiger partial charge in [0.05, 0.1) is 12.1 Å². The third-order valence-electron chi connectivity index (χ3n) is 4.61. The summed E-state index contributed by atoms with van der Waals surface area (Å²) in [7, 11) is 0. The van der Waals surface area contributed by atoms with E-state index in [0.29, 0.717) is 23.3 Å². The largest absolute Gasteiger partial charge is 0.573 e. The molecule has 0 aliphatic heterocycles. The van der Waals surface area contributed by atoms with Crippen LogP contribution in [0.15, 0.2) is 42.5 Å². The van der Waals surface area contributed by atoms with E-state index in [1.165, 1.54) is 25.0 Å². The van der Waals surface area contributed by atoms with Crippen LogP contribution in [0, 0.1) is 5.92 Å². The molecule has 0 saturated heterocycles. The summed E-state index contributed by atoms with van der Waals surface area (Å²) < 4.78 is 46.2. The van der Waals surface area contributed by atoms with Gasteiger partial charge in [0.25, 0.3) is 5.91 Å². The van der Waals surface area contributed by atoms with E-state index >= 15 is 0 Å². The lowest BCUT2D eigenvalue weighted by molar-refractivity contribution is -0.274. The van der Waals surface area contributed by atoms with Crippen molar-refractivity contribution >= 4 is 22.6 Å². The molecule has 152 valence electrons. The zero-order valence-corrected chi connectivity index (χ0v) is 15.3. The van der Waals surface area contributed by atoms with Gasteiger partial charge < -0.3 is 14.8 Å². The number of nitrogens with zero attached hydrogens (tertiary/aromatic N) is 1. The minimum atomic E-state index is -4.78. The minimum absolute atomic E-state index is 0.177. The molecule has 1 aliphatic carbocycles. The lowest BCUT2D eigenvalue weighted by Gasteiger charge is -2.09. The number of alkyl halides is 3. The molecule has 1 heterocycles. The van der Waals surface area contributed by atoms with Gasteiger partial charge in [-0.15, -0.1) is 13.2 Å². The Morgan fingerprint density at radius 3 is 2.55 bits per heavy atom. The first kappa shape index (κ1) is 19.1. The third kappa shape index (κ3) is 4.98. The molecule has 0 spiro atoms. The molecule has 1 saturated carbocycles. The smallest absolute Gasteiger partial charge is 0.494 e. The van der Waals surface area contributed by atoms with Gasteiger partial charge in [-0.05, 0) is 48.7 Å². The van der Waals surface area contributed by atoms with Crippen molar-refractivity contribution in [1.29, 1.82) is 0 Å². The molecule has 0 bridgehead atoms. The Bertz CT molecular complexity index is 1010. The first-order valence-electron chi connectivity index (χ1n) is 9.15. The van der Waals surface area contributed by atoms with E-state index in [1.807, 2.05) is 12.1 Å². The van der Waals surface area contributed by atoms with Crippen LogP contribution in [0.5, 0.6) is 11.5 Å². The van der Waals surface area contributed by atoms with Crippen molar-refractivity contribution in [2.75, 3.05) is 11.9 Å². The van der Waals surface area contributed by atoms with Gasteiger partial charge in [-0.1, -0.05) is 12.8 Å². The van der Waals surface area contributed by atoms with Gasteiger partial charge in [0.1, 0.15) is 11.5 Å². The normalized spacial score (nSPS) is 14.0.